The average molecular weight is 835 g/mol. The van der Waals surface area contributed by atoms with E-state index in [-0.39, 0.29) is 69.2 Å². The number of aliphatic hydroxyl groups excluding tert-OH is 2. The second kappa shape index (κ2) is 19.9. The van der Waals surface area contributed by atoms with Gasteiger partial charge in [-0.05, 0) is 96.9 Å². The zero-order valence-corrected chi connectivity index (χ0v) is 35.3. The first-order chi connectivity index (χ1) is 29.9. The molecule has 3 aromatic rings. The van der Waals surface area contributed by atoms with Crippen LogP contribution in [0.25, 0.3) is 0 Å². The summed E-state index contributed by atoms with van der Waals surface area (Å²) in [7, 11) is 0. The number of nitrogens with zero attached hydrogens (tertiary/aromatic N) is 2. The summed E-state index contributed by atoms with van der Waals surface area (Å²) in [5, 5.41) is 35.9. The molecule has 1 amide bonds. The molecule has 61 heavy (non-hydrogen) atoms. The Kier molecular flexibility index (Phi) is 14.0. The van der Waals surface area contributed by atoms with Crippen LogP contribution in [0.5, 0.6) is 23.0 Å². The Morgan fingerprint density at radius 2 is 1.67 bits per heavy atom. The maximum Gasteiger partial charge on any atom is 0.239 e. The summed E-state index contributed by atoms with van der Waals surface area (Å²) in [6.45, 7) is 5.14. The van der Waals surface area contributed by atoms with E-state index in [2.05, 4.69) is 12.7 Å². The van der Waals surface area contributed by atoms with Crippen LogP contribution in [-0.2, 0) is 27.5 Å². The van der Waals surface area contributed by atoms with Gasteiger partial charge in [0.1, 0.15) is 24.1 Å². The summed E-state index contributed by atoms with van der Waals surface area (Å²) in [5.74, 6) is 0.666. The highest BCUT2D eigenvalue weighted by Gasteiger charge is 2.65. The number of fused-ring (bicyclic) bond motifs is 3. The molecule has 6 atom stereocenters. The molecule has 0 bridgehead atoms. The van der Waals surface area contributed by atoms with Crippen molar-refractivity contribution in [2.45, 2.75) is 114 Å². The van der Waals surface area contributed by atoms with Crippen LogP contribution in [0.2, 0.25) is 0 Å². The number of ether oxygens (including phenoxy) is 4. The molecule has 0 spiro atoms. The molecule has 3 aliphatic carbocycles. The van der Waals surface area contributed by atoms with Crippen molar-refractivity contribution in [2.24, 2.45) is 28.8 Å². The number of phenols is 1. The van der Waals surface area contributed by atoms with E-state index in [0.29, 0.717) is 48.8 Å². The van der Waals surface area contributed by atoms with E-state index in [4.69, 9.17) is 28.9 Å². The number of hydrogen-bond acceptors (Lipinski definition) is 10. The predicted octanol–water partition coefficient (Wildman–Crippen LogP) is 8.95. The van der Waals surface area contributed by atoms with E-state index in [9.17, 15) is 15.3 Å². The van der Waals surface area contributed by atoms with E-state index in [1.54, 1.807) is 12.1 Å². The molecule has 2 heterocycles. The van der Waals surface area contributed by atoms with Gasteiger partial charge in [0.05, 0.1) is 18.2 Å². The SMILES string of the molecule is C=CCOC12Oc3ccc(O)cc3C3C(CCCCO)C(CCCCO)C=C(C(=NOCc4ccccc4)CC1N(Cc1ccc4c(c1)OCO4)C(=O)CCC1CCCC1)C32. The molecule has 3 N–H and O–H groups in total. The number of carbonyl (C=O) groups excluding carboxylic acids is 1. The molecule has 11 nitrogen and oxygen atoms in total. The number of aromatic hydroxyl groups is 1. The molecule has 2 fully saturated rings. The standard InChI is InChI=1S/C50H62N2O9/c1-2-26-59-50-46(52(47(56)23-19-34-12-6-7-13-34)31-36-18-21-44-45(27-36)58-33-57-44)30-42(51-60-32-35-14-4-3-5-15-35)40-28-37(16-8-10-24-53)39(17-9-11-25-54)48(49(40)50)41-29-38(55)20-22-43(41)61-50/h2-5,14-15,18,20-22,27-29,34,37,39,46,48-49,53-55H,1,6-13,16-17,19,23-26,30-33H2. The third-order valence-corrected chi connectivity index (χ3v) is 13.6. The lowest BCUT2D eigenvalue weighted by Gasteiger charge is -2.60. The van der Waals surface area contributed by atoms with Crippen LogP contribution in [0.4, 0.5) is 0 Å². The van der Waals surface area contributed by atoms with Crippen LogP contribution in [0, 0.1) is 23.7 Å². The van der Waals surface area contributed by atoms with Gasteiger partial charge in [-0.3, -0.25) is 4.79 Å². The van der Waals surface area contributed by atoms with Crippen LogP contribution in [0.15, 0.2) is 96.2 Å². The summed E-state index contributed by atoms with van der Waals surface area (Å²) >= 11 is 0. The third kappa shape index (κ3) is 9.34. The maximum absolute atomic E-state index is 15.2. The van der Waals surface area contributed by atoms with Gasteiger partial charge < -0.3 is 44.0 Å². The normalized spacial score (nSPS) is 25.6. The Hall–Kier alpha value is -4.84. The molecular formula is C50H62N2O9. The number of unbranched alkanes of at least 4 members (excludes halogenated alkanes) is 2. The van der Waals surface area contributed by atoms with Crippen molar-refractivity contribution in [1.29, 1.82) is 0 Å². The lowest BCUT2D eigenvalue weighted by Crippen LogP contribution is -2.70. The number of oxime groups is 1. The Balaban J connectivity index is 1.30. The Bertz CT molecular complexity index is 2030. The molecule has 2 saturated carbocycles. The van der Waals surface area contributed by atoms with Gasteiger partial charge in [0.2, 0.25) is 18.5 Å². The summed E-state index contributed by atoms with van der Waals surface area (Å²) in [5.41, 5.74) is 4.46. The molecule has 8 rings (SSSR count). The fourth-order valence-electron chi connectivity index (χ4n) is 10.8. The number of rotatable bonds is 20. The fraction of sp³-hybridized carbons (Fsp3) is 0.520. The van der Waals surface area contributed by atoms with Crippen LogP contribution >= 0.6 is 0 Å². The highest BCUT2D eigenvalue weighted by atomic mass is 16.7. The van der Waals surface area contributed by atoms with Gasteiger partial charge in [0.25, 0.3) is 0 Å². The number of phenolic OH excluding ortho intramolecular Hbond substituents is 1. The highest BCUT2D eigenvalue weighted by Crippen LogP contribution is 2.62. The van der Waals surface area contributed by atoms with E-state index in [1.165, 1.54) is 12.8 Å². The minimum Gasteiger partial charge on any atom is -0.508 e. The number of amides is 1. The van der Waals surface area contributed by atoms with Crippen molar-refractivity contribution >= 4 is 11.6 Å². The van der Waals surface area contributed by atoms with Crippen molar-refractivity contribution in [3.8, 4) is 23.0 Å². The second-order valence-electron chi connectivity index (χ2n) is 17.5. The first kappa shape index (κ1) is 42.8. The molecule has 11 heteroatoms. The minimum atomic E-state index is -1.39. The van der Waals surface area contributed by atoms with Gasteiger partial charge in [-0.15, -0.1) is 6.58 Å². The quantitative estimate of drug-likeness (QED) is 0.0579. The Morgan fingerprint density at radius 1 is 0.902 bits per heavy atom. The Morgan fingerprint density at radius 3 is 2.46 bits per heavy atom. The third-order valence-electron chi connectivity index (χ3n) is 13.6. The molecule has 3 aromatic carbocycles. The van der Waals surface area contributed by atoms with E-state index in [1.807, 2.05) is 65.6 Å². The maximum atomic E-state index is 15.2. The molecule has 2 aliphatic heterocycles. The summed E-state index contributed by atoms with van der Waals surface area (Å²) in [4.78, 5) is 23.4. The topological polar surface area (TPSA) is 140 Å². The summed E-state index contributed by atoms with van der Waals surface area (Å²) in [6.07, 6.45) is 14.9. The average Bonchev–Trinajstić information content (AvgIpc) is 3.99. The molecule has 0 saturated heterocycles. The zero-order valence-electron chi connectivity index (χ0n) is 35.3. The molecule has 326 valence electrons. The van der Waals surface area contributed by atoms with Gasteiger partial charge in [0, 0.05) is 44.1 Å². The predicted molar refractivity (Wildman–Crippen MR) is 232 cm³/mol. The Labute approximate surface area is 360 Å². The first-order valence-electron chi connectivity index (χ1n) is 22.5. The van der Waals surface area contributed by atoms with E-state index in [0.717, 1.165) is 72.9 Å². The number of allylic oxidation sites excluding steroid dienone is 1. The lowest BCUT2D eigenvalue weighted by atomic mass is 9.55. The van der Waals surface area contributed by atoms with Gasteiger partial charge in [-0.2, -0.15) is 0 Å². The zero-order chi connectivity index (χ0) is 42.2. The van der Waals surface area contributed by atoms with Gasteiger partial charge >= 0.3 is 0 Å². The lowest BCUT2D eigenvalue weighted by molar-refractivity contribution is -0.258. The van der Waals surface area contributed by atoms with E-state index < -0.39 is 17.7 Å². The number of hydrogen-bond donors (Lipinski definition) is 3. The van der Waals surface area contributed by atoms with Crippen LogP contribution in [-0.4, -0.2) is 70.3 Å². The summed E-state index contributed by atoms with van der Waals surface area (Å²) < 4.78 is 26.0. The number of carbonyl (C=O) groups is 1. The van der Waals surface area contributed by atoms with Crippen LogP contribution < -0.4 is 14.2 Å². The van der Waals surface area contributed by atoms with Crippen LogP contribution in [0.3, 0.4) is 0 Å². The van der Waals surface area contributed by atoms with Gasteiger partial charge in [-0.25, -0.2) is 0 Å². The largest absolute Gasteiger partial charge is 0.508 e. The monoisotopic (exact) mass is 834 g/mol. The second-order valence-corrected chi connectivity index (χ2v) is 17.5. The molecule has 5 aliphatic rings. The number of benzene rings is 3. The van der Waals surface area contributed by atoms with Crippen molar-refractivity contribution in [3.63, 3.8) is 0 Å². The highest BCUT2D eigenvalue weighted by molar-refractivity contribution is 6.03. The fourth-order valence-corrected chi connectivity index (χ4v) is 10.8. The van der Waals surface area contributed by atoms with Crippen molar-refractivity contribution < 1.29 is 43.9 Å². The first-order valence-corrected chi connectivity index (χ1v) is 22.5. The van der Waals surface area contributed by atoms with E-state index >= 15 is 4.79 Å². The molecular weight excluding hydrogens is 773 g/mol. The molecule has 6 unspecified atom stereocenters. The molecule has 0 aromatic heterocycles. The van der Waals surface area contributed by atoms with Crippen LogP contribution in [0.1, 0.15) is 106 Å². The van der Waals surface area contributed by atoms with Crippen molar-refractivity contribution in [2.75, 3.05) is 26.6 Å². The van der Waals surface area contributed by atoms with Crippen molar-refractivity contribution in [1.82, 2.24) is 4.90 Å². The van der Waals surface area contributed by atoms with Gasteiger partial charge in [0.15, 0.2) is 11.5 Å². The number of aliphatic hydroxyl groups is 2. The van der Waals surface area contributed by atoms with Gasteiger partial charge in [-0.1, -0.05) is 92.2 Å². The smallest absolute Gasteiger partial charge is 0.239 e. The minimum absolute atomic E-state index is 0.0157. The van der Waals surface area contributed by atoms with Crippen molar-refractivity contribution in [3.05, 3.63) is 108 Å². The summed E-state index contributed by atoms with van der Waals surface area (Å²) in [6, 6.07) is 20.5. The molecule has 0 radical (unpaired) electrons.